The van der Waals surface area contributed by atoms with E-state index >= 15 is 0 Å². The predicted molar refractivity (Wildman–Crippen MR) is 49.9 cm³/mol. The first-order chi connectivity index (χ1) is 5.86. The molecule has 0 aromatic rings. The van der Waals surface area contributed by atoms with E-state index in [0.717, 1.165) is 6.42 Å². The summed E-state index contributed by atoms with van der Waals surface area (Å²) < 4.78 is 0. The molecule has 2 aliphatic carbocycles. The monoisotopic (exact) mass is 166 g/mol. The average Bonchev–Trinajstić information content (AvgIpc) is 2.65. The minimum absolute atomic E-state index is 0.00602. The number of rotatable bonds is 2. The summed E-state index contributed by atoms with van der Waals surface area (Å²) in [6.45, 7) is 0. The van der Waals surface area contributed by atoms with Gasteiger partial charge in [0, 0.05) is 0 Å². The number of allylic oxidation sites excluding steroid dienone is 2. The molecule has 2 aliphatic rings. The van der Waals surface area contributed by atoms with Crippen LogP contribution in [0.1, 0.15) is 44.9 Å². The molecule has 0 heterocycles. The first-order valence-corrected chi connectivity index (χ1v) is 5.22. The van der Waals surface area contributed by atoms with Gasteiger partial charge in [-0.3, -0.25) is 0 Å². The van der Waals surface area contributed by atoms with Gasteiger partial charge in [-0.05, 0) is 44.4 Å². The Hall–Kier alpha value is -0.300. The van der Waals surface area contributed by atoms with Gasteiger partial charge in [0.15, 0.2) is 0 Å². The third-order valence-electron chi connectivity index (χ3n) is 3.28. The van der Waals surface area contributed by atoms with Crippen molar-refractivity contribution >= 4 is 0 Å². The van der Waals surface area contributed by atoms with Crippen LogP contribution in [0.5, 0.6) is 0 Å². The molecule has 0 aromatic heterocycles. The number of aliphatic hydroxyl groups excluding tert-OH is 1. The Morgan fingerprint density at radius 2 is 2.25 bits per heavy atom. The Morgan fingerprint density at radius 3 is 2.83 bits per heavy atom. The first kappa shape index (κ1) is 8.31. The molecule has 0 aliphatic heterocycles. The Balaban J connectivity index is 1.85. The normalized spacial score (nSPS) is 35.6. The number of aliphatic hydroxyl groups is 1. The van der Waals surface area contributed by atoms with Crippen LogP contribution in [-0.4, -0.2) is 11.2 Å². The standard InChI is InChI=1S/C11H18O/c12-11-7-3-6-10(11)8-9-4-1-2-5-9/h4,10-12H,1-3,5-8H2. The second-order valence-electron chi connectivity index (χ2n) is 4.22. The molecule has 0 aromatic carbocycles. The summed E-state index contributed by atoms with van der Waals surface area (Å²) in [5.41, 5.74) is 1.61. The molecule has 0 spiro atoms. The van der Waals surface area contributed by atoms with Crippen molar-refractivity contribution < 1.29 is 5.11 Å². The molecular formula is C11H18O. The minimum Gasteiger partial charge on any atom is -0.393 e. The molecule has 68 valence electrons. The second kappa shape index (κ2) is 3.61. The van der Waals surface area contributed by atoms with Crippen molar-refractivity contribution in [3.05, 3.63) is 11.6 Å². The molecule has 2 rings (SSSR count). The van der Waals surface area contributed by atoms with Crippen LogP contribution in [0.2, 0.25) is 0 Å². The fourth-order valence-corrected chi connectivity index (χ4v) is 2.51. The van der Waals surface area contributed by atoms with Gasteiger partial charge in [-0.15, -0.1) is 0 Å². The molecule has 0 bridgehead atoms. The SMILES string of the molecule is OC1CCCC1CC1=CCCC1. The zero-order valence-corrected chi connectivity index (χ0v) is 7.63. The lowest BCUT2D eigenvalue weighted by atomic mass is 9.96. The molecule has 2 unspecified atom stereocenters. The van der Waals surface area contributed by atoms with E-state index in [1.807, 2.05) is 0 Å². The van der Waals surface area contributed by atoms with E-state index in [9.17, 15) is 5.11 Å². The van der Waals surface area contributed by atoms with Crippen molar-refractivity contribution in [2.45, 2.75) is 51.0 Å². The van der Waals surface area contributed by atoms with Crippen molar-refractivity contribution in [1.29, 1.82) is 0 Å². The highest BCUT2D eigenvalue weighted by atomic mass is 16.3. The van der Waals surface area contributed by atoms with Crippen molar-refractivity contribution in [2.24, 2.45) is 5.92 Å². The van der Waals surface area contributed by atoms with Gasteiger partial charge < -0.3 is 5.11 Å². The lowest BCUT2D eigenvalue weighted by Gasteiger charge is -2.14. The molecule has 1 fully saturated rings. The maximum Gasteiger partial charge on any atom is 0.0571 e. The summed E-state index contributed by atoms with van der Waals surface area (Å²) in [5.74, 6) is 0.592. The molecule has 1 saturated carbocycles. The zero-order valence-electron chi connectivity index (χ0n) is 7.63. The molecule has 12 heavy (non-hydrogen) atoms. The Morgan fingerprint density at radius 1 is 1.33 bits per heavy atom. The van der Waals surface area contributed by atoms with E-state index in [2.05, 4.69) is 6.08 Å². The van der Waals surface area contributed by atoms with Crippen molar-refractivity contribution in [3.8, 4) is 0 Å². The third kappa shape index (κ3) is 1.71. The molecule has 0 amide bonds. The highest BCUT2D eigenvalue weighted by Gasteiger charge is 2.26. The molecule has 2 atom stereocenters. The Kier molecular flexibility index (Phi) is 2.50. The molecular weight excluding hydrogens is 148 g/mol. The van der Waals surface area contributed by atoms with Gasteiger partial charge >= 0.3 is 0 Å². The van der Waals surface area contributed by atoms with Gasteiger partial charge in [0.25, 0.3) is 0 Å². The van der Waals surface area contributed by atoms with Crippen molar-refractivity contribution in [2.75, 3.05) is 0 Å². The van der Waals surface area contributed by atoms with Crippen LogP contribution in [0.15, 0.2) is 11.6 Å². The molecule has 1 nitrogen and oxygen atoms in total. The summed E-state index contributed by atoms with van der Waals surface area (Å²) in [7, 11) is 0. The lowest BCUT2D eigenvalue weighted by Crippen LogP contribution is -2.13. The van der Waals surface area contributed by atoms with Crippen LogP contribution < -0.4 is 0 Å². The summed E-state index contributed by atoms with van der Waals surface area (Å²) in [6.07, 6.45) is 11.0. The smallest absolute Gasteiger partial charge is 0.0571 e. The van der Waals surface area contributed by atoms with Crippen LogP contribution in [0, 0.1) is 5.92 Å². The minimum atomic E-state index is 0.00602. The molecule has 1 N–H and O–H groups in total. The molecule has 0 radical (unpaired) electrons. The quantitative estimate of drug-likeness (QED) is 0.625. The van der Waals surface area contributed by atoms with E-state index in [1.54, 1.807) is 5.57 Å². The van der Waals surface area contributed by atoms with Gasteiger partial charge in [0.2, 0.25) is 0 Å². The van der Waals surface area contributed by atoms with Crippen LogP contribution >= 0.6 is 0 Å². The van der Waals surface area contributed by atoms with Crippen LogP contribution in [0.25, 0.3) is 0 Å². The van der Waals surface area contributed by atoms with E-state index in [-0.39, 0.29) is 6.10 Å². The highest BCUT2D eigenvalue weighted by molar-refractivity contribution is 5.09. The highest BCUT2D eigenvalue weighted by Crippen LogP contribution is 2.33. The fraction of sp³-hybridized carbons (Fsp3) is 0.818. The van der Waals surface area contributed by atoms with E-state index in [0.29, 0.717) is 5.92 Å². The van der Waals surface area contributed by atoms with Gasteiger partial charge in [-0.1, -0.05) is 18.1 Å². The Labute approximate surface area is 74.5 Å². The van der Waals surface area contributed by atoms with Crippen molar-refractivity contribution in [1.82, 2.24) is 0 Å². The fourth-order valence-electron chi connectivity index (χ4n) is 2.51. The van der Waals surface area contributed by atoms with E-state index in [1.165, 1.54) is 38.5 Å². The lowest BCUT2D eigenvalue weighted by molar-refractivity contribution is 0.132. The zero-order chi connectivity index (χ0) is 8.39. The van der Waals surface area contributed by atoms with Gasteiger partial charge in [-0.2, -0.15) is 0 Å². The van der Waals surface area contributed by atoms with Crippen LogP contribution in [0.4, 0.5) is 0 Å². The topological polar surface area (TPSA) is 20.2 Å². The van der Waals surface area contributed by atoms with E-state index in [4.69, 9.17) is 0 Å². The molecule has 0 saturated heterocycles. The summed E-state index contributed by atoms with van der Waals surface area (Å²) in [5, 5.41) is 9.62. The second-order valence-corrected chi connectivity index (χ2v) is 4.22. The van der Waals surface area contributed by atoms with Crippen LogP contribution in [-0.2, 0) is 0 Å². The summed E-state index contributed by atoms with van der Waals surface area (Å²) >= 11 is 0. The number of hydrogen-bond acceptors (Lipinski definition) is 1. The number of hydrogen-bond donors (Lipinski definition) is 1. The maximum atomic E-state index is 9.62. The third-order valence-corrected chi connectivity index (χ3v) is 3.28. The van der Waals surface area contributed by atoms with Gasteiger partial charge in [-0.25, -0.2) is 0 Å². The van der Waals surface area contributed by atoms with Crippen LogP contribution in [0.3, 0.4) is 0 Å². The predicted octanol–water partition coefficient (Wildman–Crippen LogP) is 2.65. The summed E-state index contributed by atoms with van der Waals surface area (Å²) in [4.78, 5) is 0. The van der Waals surface area contributed by atoms with Gasteiger partial charge in [0.1, 0.15) is 0 Å². The Bertz CT molecular complexity index is 183. The largest absolute Gasteiger partial charge is 0.393 e. The van der Waals surface area contributed by atoms with Crippen molar-refractivity contribution in [3.63, 3.8) is 0 Å². The summed E-state index contributed by atoms with van der Waals surface area (Å²) in [6, 6.07) is 0. The first-order valence-electron chi connectivity index (χ1n) is 5.22. The maximum absolute atomic E-state index is 9.62. The molecule has 1 heteroatoms. The van der Waals surface area contributed by atoms with E-state index < -0.39 is 0 Å². The van der Waals surface area contributed by atoms with Gasteiger partial charge in [0.05, 0.1) is 6.10 Å². The average molecular weight is 166 g/mol.